The predicted octanol–water partition coefficient (Wildman–Crippen LogP) is 2.25. The summed E-state index contributed by atoms with van der Waals surface area (Å²) in [5, 5.41) is 0. The highest BCUT2D eigenvalue weighted by atomic mass is 19.4. The number of fused-ring (bicyclic) bond motifs is 1. The molecule has 3 rings (SSSR count). The number of amides is 1. The lowest BCUT2D eigenvalue weighted by atomic mass is 9.92. The van der Waals surface area contributed by atoms with Gasteiger partial charge in [-0.2, -0.15) is 13.2 Å². The van der Waals surface area contributed by atoms with Crippen LogP contribution in [-0.2, 0) is 4.79 Å². The van der Waals surface area contributed by atoms with Gasteiger partial charge in [-0.25, -0.2) is 9.97 Å². The summed E-state index contributed by atoms with van der Waals surface area (Å²) in [5.41, 5.74) is 0. The standard InChI is InChI=1S/C16H21F3N4O2/c1-25-15-14(20-6-7-21-15)22-8-3-11-4-9-23(12(11)10-22)13(24)2-5-16(17,18)19/h6-7,11-12H,2-5,8-10H2,1H3. The van der Waals surface area contributed by atoms with Gasteiger partial charge in [-0.15, -0.1) is 0 Å². The Balaban J connectivity index is 1.69. The number of likely N-dealkylation sites (tertiary alicyclic amines) is 1. The maximum absolute atomic E-state index is 12.4. The van der Waals surface area contributed by atoms with E-state index in [-0.39, 0.29) is 6.04 Å². The molecule has 0 radical (unpaired) electrons. The van der Waals surface area contributed by atoms with Gasteiger partial charge < -0.3 is 14.5 Å². The first-order valence-electron chi connectivity index (χ1n) is 8.35. The summed E-state index contributed by atoms with van der Waals surface area (Å²) >= 11 is 0. The third kappa shape index (κ3) is 3.96. The molecule has 0 spiro atoms. The van der Waals surface area contributed by atoms with Crippen molar-refractivity contribution in [1.82, 2.24) is 14.9 Å². The molecule has 2 atom stereocenters. The molecule has 0 saturated carbocycles. The second-order valence-electron chi connectivity index (χ2n) is 6.44. The highest BCUT2D eigenvalue weighted by Crippen LogP contribution is 2.35. The van der Waals surface area contributed by atoms with Crippen molar-refractivity contribution < 1.29 is 22.7 Å². The summed E-state index contributed by atoms with van der Waals surface area (Å²) in [4.78, 5) is 24.3. The molecular weight excluding hydrogens is 337 g/mol. The first-order valence-corrected chi connectivity index (χ1v) is 8.35. The Morgan fingerprint density at radius 1 is 1.28 bits per heavy atom. The Morgan fingerprint density at radius 2 is 2.00 bits per heavy atom. The average molecular weight is 358 g/mol. The molecular formula is C16H21F3N4O2. The van der Waals surface area contributed by atoms with Gasteiger partial charge in [-0.3, -0.25) is 4.79 Å². The van der Waals surface area contributed by atoms with Crippen molar-refractivity contribution in [2.45, 2.75) is 37.9 Å². The molecule has 0 bridgehead atoms. The van der Waals surface area contributed by atoms with Crippen LogP contribution >= 0.6 is 0 Å². The number of rotatable bonds is 4. The molecule has 2 fully saturated rings. The summed E-state index contributed by atoms with van der Waals surface area (Å²) < 4.78 is 42.4. The summed E-state index contributed by atoms with van der Waals surface area (Å²) in [7, 11) is 1.52. The van der Waals surface area contributed by atoms with Gasteiger partial charge in [0, 0.05) is 38.4 Å². The van der Waals surface area contributed by atoms with Crippen molar-refractivity contribution in [3.8, 4) is 5.88 Å². The second kappa shape index (κ2) is 7.05. The van der Waals surface area contributed by atoms with Crippen molar-refractivity contribution in [1.29, 1.82) is 0 Å². The number of piperidine rings is 1. The highest BCUT2D eigenvalue weighted by molar-refractivity contribution is 5.77. The fourth-order valence-corrected chi connectivity index (χ4v) is 3.71. The van der Waals surface area contributed by atoms with Crippen LogP contribution in [0, 0.1) is 5.92 Å². The van der Waals surface area contributed by atoms with E-state index in [1.54, 1.807) is 11.1 Å². The normalized spacial score (nSPS) is 23.5. The molecule has 0 aliphatic carbocycles. The van der Waals surface area contributed by atoms with Crippen LogP contribution in [0.15, 0.2) is 12.4 Å². The Hall–Kier alpha value is -2.06. The van der Waals surface area contributed by atoms with Gasteiger partial charge in [-0.05, 0) is 18.8 Å². The molecule has 2 aliphatic heterocycles. The second-order valence-corrected chi connectivity index (χ2v) is 6.44. The van der Waals surface area contributed by atoms with E-state index >= 15 is 0 Å². The lowest BCUT2D eigenvalue weighted by Gasteiger charge is -2.39. The molecule has 6 nitrogen and oxygen atoms in total. The molecule has 0 N–H and O–H groups in total. The maximum atomic E-state index is 12.4. The van der Waals surface area contributed by atoms with E-state index in [1.807, 2.05) is 4.90 Å². The Labute approximate surface area is 144 Å². The number of anilines is 1. The number of alkyl halides is 3. The number of methoxy groups -OCH3 is 1. The van der Waals surface area contributed by atoms with E-state index < -0.39 is 24.9 Å². The zero-order chi connectivity index (χ0) is 18.0. The third-order valence-electron chi connectivity index (χ3n) is 4.94. The Morgan fingerprint density at radius 3 is 2.72 bits per heavy atom. The molecule has 1 aromatic rings. The van der Waals surface area contributed by atoms with E-state index in [9.17, 15) is 18.0 Å². The fourth-order valence-electron chi connectivity index (χ4n) is 3.71. The molecule has 2 unspecified atom stereocenters. The fraction of sp³-hybridized carbons (Fsp3) is 0.688. The summed E-state index contributed by atoms with van der Waals surface area (Å²) in [6, 6.07) is -0.0822. The number of ether oxygens (including phenoxy) is 1. The number of hydrogen-bond acceptors (Lipinski definition) is 5. The van der Waals surface area contributed by atoms with Crippen molar-refractivity contribution in [3.63, 3.8) is 0 Å². The number of hydrogen-bond donors (Lipinski definition) is 0. The number of halogens is 3. The van der Waals surface area contributed by atoms with Crippen molar-refractivity contribution >= 4 is 11.7 Å². The van der Waals surface area contributed by atoms with Crippen molar-refractivity contribution in [2.75, 3.05) is 31.6 Å². The van der Waals surface area contributed by atoms with E-state index in [2.05, 4.69) is 9.97 Å². The Bertz CT molecular complexity index is 626. The number of carbonyl (C=O) groups is 1. The van der Waals surface area contributed by atoms with Crippen LogP contribution in [0.4, 0.5) is 19.0 Å². The third-order valence-corrected chi connectivity index (χ3v) is 4.94. The minimum atomic E-state index is -4.31. The van der Waals surface area contributed by atoms with E-state index in [0.717, 1.165) is 19.4 Å². The number of nitrogens with zero attached hydrogens (tertiary/aromatic N) is 4. The molecule has 9 heteroatoms. The zero-order valence-corrected chi connectivity index (χ0v) is 14.0. The topological polar surface area (TPSA) is 58.6 Å². The average Bonchev–Trinajstić information content (AvgIpc) is 3.02. The largest absolute Gasteiger partial charge is 0.478 e. The van der Waals surface area contributed by atoms with Gasteiger partial charge in [0.25, 0.3) is 5.88 Å². The lowest BCUT2D eigenvalue weighted by molar-refractivity contribution is -0.149. The quantitative estimate of drug-likeness (QED) is 0.826. The maximum Gasteiger partial charge on any atom is 0.389 e. The molecule has 2 saturated heterocycles. The van der Waals surface area contributed by atoms with Gasteiger partial charge >= 0.3 is 6.18 Å². The predicted molar refractivity (Wildman–Crippen MR) is 84.3 cm³/mol. The molecule has 1 amide bonds. The van der Waals surface area contributed by atoms with Crippen LogP contribution in [0.3, 0.4) is 0 Å². The summed E-state index contributed by atoms with van der Waals surface area (Å²) in [6.07, 6.45) is -1.03. The van der Waals surface area contributed by atoms with Gasteiger partial charge in [0.15, 0.2) is 5.82 Å². The van der Waals surface area contributed by atoms with Crippen LogP contribution in [-0.4, -0.2) is 59.7 Å². The van der Waals surface area contributed by atoms with E-state index in [1.165, 1.54) is 13.3 Å². The van der Waals surface area contributed by atoms with Gasteiger partial charge in [-0.1, -0.05) is 0 Å². The molecule has 2 aliphatic rings. The monoisotopic (exact) mass is 358 g/mol. The van der Waals surface area contributed by atoms with Crippen LogP contribution in [0.5, 0.6) is 5.88 Å². The van der Waals surface area contributed by atoms with Crippen LogP contribution < -0.4 is 9.64 Å². The molecule has 3 heterocycles. The first-order chi connectivity index (χ1) is 11.9. The van der Waals surface area contributed by atoms with Gasteiger partial charge in [0.2, 0.25) is 5.91 Å². The van der Waals surface area contributed by atoms with Gasteiger partial charge in [0.05, 0.1) is 19.6 Å². The van der Waals surface area contributed by atoms with Crippen LogP contribution in [0.25, 0.3) is 0 Å². The molecule has 25 heavy (non-hydrogen) atoms. The van der Waals surface area contributed by atoms with Crippen LogP contribution in [0.2, 0.25) is 0 Å². The lowest BCUT2D eigenvalue weighted by Crippen LogP contribution is -2.50. The van der Waals surface area contributed by atoms with Crippen molar-refractivity contribution in [2.24, 2.45) is 5.92 Å². The minimum Gasteiger partial charge on any atom is -0.478 e. The van der Waals surface area contributed by atoms with E-state index in [0.29, 0.717) is 30.7 Å². The van der Waals surface area contributed by atoms with Gasteiger partial charge in [0.1, 0.15) is 0 Å². The number of carbonyl (C=O) groups excluding carboxylic acids is 1. The minimum absolute atomic E-state index is 0.0822. The smallest absolute Gasteiger partial charge is 0.389 e. The first kappa shape index (κ1) is 17.8. The molecule has 138 valence electrons. The Kier molecular flexibility index (Phi) is 5.01. The van der Waals surface area contributed by atoms with Crippen molar-refractivity contribution in [3.05, 3.63) is 12.4 Å². The summed E-state index contributed by atoms with van der Waals surface area (Å²) in [5.74, 6) is 0.929. The van der Waals surface area contributed by atoms with E-state index in [4.69, 9.17) is 4.74 Å². The highest BCUT2D eigenvalue weighted by Gasteiger charge is 2.42. The number of aromatic nitrogens is 2. The van der Waals surface area contributed by atoms with Crippen LogP contribution in [0.1, 0.15) is 25.7 Å². The molecule has 0 aromatic carbocycles. The SMILES string of the molecule is COc1nccnc1N1CCC2CCN(C(=O)CCC(F)(F)F)C2C1. The molecule has 1 aromatic heterocycles. The zero-order valence-electron chi connectivity index (χ0n) is 14.0. The summed E-state index contributed by atoms with van der Waals surface area (Å²) in [6.45, 7) is 1.83.